The molecule has 4 aromatic rings. The highest BCUT2D eigenvalue weighted by Gasteiger charge is 2.23. The molecular formula is C27H24N4O2. The standard InChI is InChI=1S/C27H24N4O2/c32-27(22-10-7-13-24(18-22)33-23-11-5-2-6-12-23)31-16-14-30(15-17-31)26-19-25(28-20-29-26)21-8-3-1-4-9-21/h1-13,18-20H,14-17H2. The number of nitrogens with zero attached hydrogens (tertiary/aromatic N) is 4. The number of amides is 1. The number of aromatic nitrogens is 2. The van der Waals surface area contributed by atoms with E-state index < -0.39 is 0 Å². The molecule has 0 radical (unpaired) electrons. The van der Waals surface area contributed by atoms with Crippen LogP contribution in [0.3, 0.4) is 0 Å². The molecule has 0 saturated carbocycles. The minimum Gasteiger partial charge on any atom is -0.457 e. The van der Waals surface area contributed by atoms with Crippen molar-refractivity contribution in [3.63, 3.8) is 0 Å². The summed E-state index contributed by atoms with van der Waals surface area (Å²) >= 11 is 0. The van der Waals surface area contributed by atoms with E-state index in [2.05, 4.69) is 14.9 Å². The van der Waals surface area contributed by atoms with Crippen molar-refractivity contribution in [2.75, 3.05) is 31.1 Å². The highest BCUT2D eigenvalue weighted by atomic mass is 16.5. The molecule has 0 aliphatic carbocycles. The molecule has 1 fully saturated rings. The molecular weight excluding hydrogens is 412 g/mol. The first-order valence-electron chi connectivity index (χ1n) is 11.0. The Bertz CT molecular complexity index is 1220. The number of anilines is 1. The maximum atomic E-state index is 13.1. The maximum absolute atomic E-state index is 13.1. The molecule has 2 heterocycles. The molecule has 3 aromatic carbocycles. The summed E-state index contributed by atoms with van der Waals surface area (Å²) in [5.74, 6) is 2.30. The molecule has 0 spiro atoms. The van der Waals surface area contributed by atoms with Crippen molar-refractivity contribution in [2.45, 2.75) is 0 Å². The Hall–Kier alpha value is -4.19. The molecule has 0 N–H and O–H groups in total. The zero-order chi connectivity index (χ0) is 22.5. The van der Waals surface area contributed by atoms with E-state index in [0.717, 1.165) is 35.9 Å². The first-order chi connectivity index (χ1) is 16.3. The predicted octanol–water partition coefficient (Wildman–Crippen LogP) is 4.90. The molecule has 0 bridgehead atoms. The van der Waals surface area contributed by atoms with E-state index in [4.69, 9.17) is 4.74 Å². The average molecular weight is 437 g/mol. The Kier molecular flexibility index (Phi) is 5.97. The second kappa shape index (κ2) is 9.53. The van der Waals surface area contributed by atoms with Crippen LogP contribution < -0.4 is 9.64 Å². The molecule has 1 aliphatic rings. The van der Waals surface area contributed by atoms with Crippen molar-refractivity contribution in [2.24, 2.45) is 0 Å². The molecule has 6 heteroatoms. The Morgan fingerprint density at radius 1 is 0.727 bits per heavy atom. The van der Waals surface area contributed by atoms with E-state index in [-0.39, 0.29) is 5.91 Å². The fourth-order valence-corrected chi connectivity index (χ4v) is 3.93. The van der Waals surface area contributed by atoms with Gasteiger partial charge in [0.1, 0.15) is 23.6 Å². The molecule has 1 amide bonds. The van der Waals surface area contributed by atoms with Crippen LogP contribution in [0.5, 0.6) is 11.5 Å². The van der Waals surface area contributed by atoms with Gasteiger partial charge in [0.2, 0.25) is 0 Å². The van der Waals surface area contributed by atoms with Gasteiger partial charge in [0.15, 0.2) is 0 Å². The molecule has 0 unspecified atom stereocenters. The summed E-state index contributed by atoms with van der Waals surface area (Å²) in [6.45, 7) is 2.70. The molecule has 6 nitrogen and oxygen atoms in total. The summed E-state index contributed by atoms with van der Waals surface area (Å²) < 4.78 is 5.89. The zero-order valence-electron chi connectivity index (χ0n) is 18.2. The number of rotatable bonds is 5. The molecule has 164 valence electrons. The first kappa shape index (κ1) is 20.7. The molecule has 0 atom stereocenters. The fourth-order valence-electron chi connectivity index (χ4n) is 3.93. The molecule has 33 heavy (non-hydrogen) atoms. The highest BCUT2D eigenvalue weighted by Crippen LogP contribution is 2.24. The molecule has 1 aliphatic heterocycles. The number of carbonyl (C=O) groups is 1. The van der Waals surface area contributed by atoms with Crippen molar-refractivity contribution in [3.8, 4) is 22.8 Å². The topological polar surface area (TPSA) is 58.6 Å². The third kappa shape index (κ3) is 4.85. The monoisotopic (exact) mass is 436 g/mol. The second-order valence-electron chi connectivity index (χ2n) is 7.85. The second-order valence-corrected chi connectivity index (χ2v) is 7.85. The summed E-state index contributed by atoms with van der Waals surface area (Å²) in [5.41, 5.74) is 2.59. The number of carbonyl (C=O) groups excluding carboxylic acids is 1. The van der Waals surface area contributed by atoms with E-state index in [1.807, 2.05) is 89.8 Å². The molecule has 1 aromatic heterocycles. The first-order valence-corrected chi connectivity index (χ1v) is 11.0. The lowest BCUT2D eigenvalue weighted by atomic mass is 10.1. The number of para-hydroxylation sites is 1. The van der Waals surface area contributed by atoms with Gasteiger partial charge in [-0.2, -0.15) is 0 Å². The van der Waals surface area contributed by atoms with E-state index in [1.54, 1.807) is 12.4 Å². The van der Waals surface area contributed by atoms with Crippen molar-refractivity contribution in [1.29, 1.82) is 0 Å². The van der Waals surface area contributed by atoms with Crippen molar-refractivity contribution in [3.05, 3.63) is 103 Å². The SMILES string of the molecule is O=C(c1cccc(Oc2ccccc2)c1)N1CCN(c2cc(-c3ccccc3)ncn2)CC1. The van der Waals surface area contributed by atoms with Crippen LogP contribution >= 0.6 is 0 Å². The van der Waals surface area contributed by atoms with Crippen LogP contribution in [0.2, 0.25) is 0 Å². The van der Waals surface area contributed by atoms with E-state index >= 15 is 0 Å². The zero-order valence-corrected chi connectivity index (χ0v) is 18.2. The maximum Gasteiger partial charge on any atom is 0.254 e. The predicted molar refractivity (Wildman–Crippen MR) is 129 cm³/mol. The van der Waals surface area contributed by atoms with Crippen molar-refractivity contribution >= 4 is 11.7 Å². The van der Waals surface area contributed by atoms with Gasteiger partial charge in [0.25, 0.3) is 5.91 Å². The summed E-state index contributed by atoms with van der Waals surface area (Å²) in [6, 6.07) is 29.0. The molecule has 5 rings (SSSR count). The van der Waals surface area contributed by atoms with E-state index in [9.17, 15) is 4.79 Å². The normalized spacial score (nSPS) is 13.6. The number of piperazine rings is 1. The lowest BCUT2D eigenvalue weighted by molar-refractivity contribution is 0.0746. The van der Waals surface area contributed by atoms with Gasteiger partial charge in [0, 0.05) is 43.4 Å². The van der Waals surface area contributed by atoms with Crippen molar-refractivity contribution in [1.82, 2.24) is 14.9 Å². The lowest BCUT2D eigenvalue weighted by Crippen LogP contribution is -2.49. The third-order valence-electron chi connectivity index (χ3n) is 5.67. The number of benzene rings is 3. The number of hydrogen-bond acceptors (Lipinski definition) is 5. The quantitative estimate of drug-likeness (QED) is 0.445. The van der Waals surface area contributed by atoms with Gasteiger partial charge in [-0.05, 0) is 30.3 Å². The van der Waals surface area contributed by atoms with Gasteiger partial charge in [-0.25, -0.2) is 9.97 Å². The van der Waals surface area contributed by atoms with Crippen LogP contribution in [0.25, 0.3) is 11.3 Å². The molecule has 1 saturated heterocycles. The third-order valence-corrected chi connectivity index (χ3v) is 5.67. The van der Waals surface area contributed by atoms with Gasteiger partial charge >= 0.3 is 0 Å². The van der Waals surface area contributed by atoms with Crippen LogP contribution in [-0.2, 0) is 0 Å². The number of hydrogen-bond donors (Lipinski definition) is 0. The summed E-state index contributed by atoms with van der Waals surface area (Å²) in [4.78, 5) is 26.1. The smallest absolute Gasteiger partial charge is 0.254 e. The van der Waals surface area contributed by atoms with Gasteiger partial charge in [-0.1, -0.05) is 54.6 Å². The Balaban J connectivity index is 1.24. The minimum absolute atomic E-state index is 0.0147. The highest BCUT2D eigenvalue weighted by molar-refractivity contribution is 5.94. The largest absolute Gasteiger partial charge is 0.457 e. The van der Waals surface area contributed by atoms with Gasteiger partial charge in [-0.3, -0.25) is 4.79 Å². The van der Waals surface area contributed by atoms with E-state index in [0.29, 0.717) is 24.4 Å². The summed E-state index contributed by atoms with van der Waals surface area (Å²) in [5, 5.41) is 0. The van der Waals surface area contributed by atoms with Crippen LogP contribution in [0.4, 0.5) is 5.82 Å². The van der Waals surface area contributed by atoms with Gasteiger partial charge < -0.3 is 14.5 Å². The van der Waals surface area contributed by atoms with Crippen LogP contribution in [0.15, 0.2) is 97.3 Å². The minimum atomic E-state index is 0.0147. The Morgan fingerprint density at radius 3 is 2.18 bits per heavy atom. The summed E-state index contributed by atoms with van der Waals surface area (Å²) in [7, 11) is 0. The Labute approximate surface area is 193 Å². The van der Waals surface area contributed by atoms with E-state index in [1.165, 1.54) is 0 Å². The van der Waals surface area contributed by atoms with Crippen LogP contribution in [0, 0.1) is 0 Å². The average Bonchev–Trinajstić information content (AvgIpc) is 2.90. The Morgan fingerprint density at radius 2 is 1.42 bits per heavy atom. The fraction of sp³-hybridized carbons (Fsp3) is 0.148. The van der Waals surface area contributed by atoms with Gasteiger partial charge in [-0.15, -0.1) is 0 Å². The van der Waals surface area contributed by atoms with Gasteiger partial charge in [0.05, 0.1) is 5.69 Å². The lowest BCUT2D eigenvalue weighted by Gasteiger charge is -2.35. The van der Waals surface area contributed by atoms with Crippen LogP contribution in [0.1, 0.15) is 10.4 Å². The summed E-state index contributed by atoms with van der Waals surface area (Å²) in [6.07, 6.45) is 1.60. The van der Waals surface area contributed by atoms with Crippen molar-refractivity contribution < 1.29 is 9.53 Å². The van der Waals surface area contributed by atoms with Crippen LogP contribution in [-0.4, -0.2) is 47.0 Å². The number of ether oxygens (including phenoxy) is 1.